The highest BCUT2D eigenvalue weighted by molar-refractivity contribution is 6.33. The van der Waals surface area contributed by atoms with Crippen LogP contribution in [0.15, 0.2) is 42.5 Å². The smallest absolute Gasteiger partial charge is 0.339 e. The van der Waals surface area contributed by atoms with Gasteiger partial charge in [-0.3, -0.25) is 4.79 Å². The quantitative estimate of drug-likeness (QED) is 0.678. The van der Waals surface area contributed by atoms with E-state index in [0.717, 1.165) is 0 Å². The third-order valence-electron chi connectivity index (χ3n) is 3.71. The van der Waals surface area contributed by atoms with Crippen LogP contribution in [-0.4, -0.2) is 31.7 Å². The average Bonchev–Trinajstić information content (AvgIpc) is 2.67. The van der Waals surface area contributed by atoms with E-state index in [1.54, 1.807) is 44.4 Å². The van der Waals surface area contributed by atoms with Crippen molar-refractivity contribution in [3.8, 4) is 11.5 Å². The molecular formula is C20H22ClNO5. The van der Waals surface area contributed by atoms with Crippen LogP contribution in [0.5, 0.6) is 11.5 Å². The number of benzene rings is 2. The molecule has 1 N–H and O–H groups in total. The van der Waals surface area contributed by atoms with Gasteiger partial charge in [-0.15, -0.1) is 0 Å². The Balaban J connectivity index is 2.12. The summed E-state index contributed by atoms with van der Waals surface area (Å²) >= 11 is 6.04. The Morgan fingerprint density at radius 3 is 2.52 bits per heavy atom. The van der Waals surface area contributed by atoms with E-state index in [2.05, 4.69) is 5.32 Å². The normalized spacial score (nSPS) is 11.4. The lowest BCUT2D eigenvalue weighted by Gasteiger charge is -2.18. The molecule has 0 heterocycles. The van der Waals surface area contributed by atoms with Gasteiger partial charge in [0.1, 0.15) is 11.5 Å². The molecule has 0 unspecified atom stereocenters. The number of nitrogens with one attached hydrogen (secondary N) is 1. The van der Waals surface area contributed by atoms with E-state index >= 15 is 0 Å². The standard InChI is InChI=1S/C20H22ClNO5/c1-4-18(27-15-8-6-7-14(12-15)25-3)19(23)22-13-9-10-17(21)16(11-13)20(24)26-5-2/h6-12,18H,4-5H2,1-3H3,(H,22,23)/t18-/m0/s1. The number of ether oxygens (including phenoxy) is 3. The van der Waals surface area contributed by atoms with Gasteiger partial charge >= 0.3 is 5.97 Å². The molecule has 0 saturated carbocycles. The molecule has 0 spiro atoms. The van der Waals surface area contributed by atoms with Crippen LogP contribution in [-0.2, 0) is 9.53 Å². The fraction of sp³-hybridized carbons (Fsp3) is 0.300. The summed E-state index contributed by atoms with van der Waals surface area (Å²) in [6.45, 7) is 3.79. The number of methoxy groups -OCH3 is 1. The minimum absolute atomic E-state index is 0.193. The summed E-state index contributed by atoms with van der Waals surface area (Å²) in [6, 6.07) is 11.7. The van der Waals surface area contributed by atoms with Gasteiger partial charge in [-0.25, -0.2) is 4.79 Å². The maximum atomic E-state index is 12.6. The van der Waals surface area contributed by atoms with E-state index < -0.39 is 12.1 Å². The average molecular weight is 392 g/mol. The molecule has 144 valence electrons. The van der Waals surface area contributed by atoms with Gasteiger partial charge < -0.3 is 19.5 Å². The Kier molecular flexibility index (Phi) is 7.49. The highest BCUT2D eigenvalue weighted by Crippen LogP contribution is 2.23. The van der Waals surface area contributed by atoms with Gasteiger partial charge in [-0.1, -0.05) is 24.6 Å². The molecule has 0 aromatic heterocycles. The maximum Gasteiger partial charge on any atom is 0.339 e. The molecule has 0 aliphatic heterocycles. The van der Waals surface area contributed by atoms with Crippen LogP contribution in [0.2, 0.25) is 5.02 Å². The molecule has 0 radical (unpaired) electrons. The number of anilines is 1. The van der Waals surface area contributed by atoms with E-state index in [1.165, 1.54) is 12.1 Å². The lowest BCUT2D eigenvalue weighted by molar-refractivity contribution is -0.122. The first-order valence-corrected chi connectivity index (χ1v) is 8.94. The zero-order chi connectivity index (χ0) is 19.8. The molecule has 6 nitrogen and oxygen atoms in total. The molecule has 2 aromatic carbocycles. The van der Waals surface area contributed by atoms with Crippen LogP contribution in [0.3, 0.4) is 0 Å². The Hall–Kier alpha value is -2.73. The van der Waals surface area contributed by atoms with Crippen LogP contribution in [0.4, 0.5) is 5.69 Å². The monoisotopic (exact) mass is 391 g/mol. The van der Waals surface area contributed by atoms with Crippen molar-refractivity contribution in [3.05, 3.63) is 53.1 Å². The SMILES string of the molecule is CCOC(=O)c1cc(NC(=O)[C@H](CC)Oc2cccc(OC)c2)ccc1Cl. The lowest BCUT2D eigenvalue weighted by atomic mass is 10.2. The zero-order valence-corrected chi connectivity index (χ0v) is 16.2. The summed E-state index contributed by atoms with van der Waals surface area (Å²) in [5.74, 6) is 0.287. The van der Waals surface area contributed by atoms with Crippen molar-refractivity contribution in [2.45, 2.75) is 26.4 Å². The minimum Gasteiger partial charge on any atom is -0.497 e. The van der Waals surface area contributed by atoms with E-state index in [9.17, 15) is 9.59 Å². The Bertz CT molecular complexity index is 809. The number of halogens is 1. The number of amides is 1. The molecule has 0 fully saturated rings. The van der Waals surface area contributed by atoms with E-state index in [1.807, 2.05) is 6.92 Å². The Morgan fingerprint density at radius 1 is 1.11 bits per heavy atom. The third-order valence-corrected chi connectivity index (χ3v) is 4.04. The van der Waals surface area contributed by atoms with Crippen molar-refractivity contribution < 1.29 is 23.8 Å². The van der Waals surface area contributed by atoms with Crippen LogP contribution in [0.1, 0.15) is 30.6 Å². The van der Waals surface area contributed by atoms with Crippen molar-refractivity contribution in [2.24, 2.45) is 0 Å². The van der Waals surface area contributed by atoms with Crippen LogP contribution < -0.4 is 14.8 Å². The second-order valence-corrected chi connectivity index (χ2v) is 6.01. The van der Waals surface area contributed by atoms with Crippen molar-refractivity contribution in [2.75, 3.05) is 19.0 Å². The summed E-state index contributed by atoms with van der Waals surface area (Å²) in [5.41, 5.74) is 0.623. The predicted molar refractivity (Wildman–Crippen MR) is 104 cm³/mol. The first kappa shape index (κ1) is 20.6. The number of esters is 1. The molecule has 27 heavy (non-hydrogen) atoms. The number of hydrogen-bond acceptors (Lipinski definition) is 5. The first-order valence-electron chi connectivity index (χ1n) is 8.56. The van der Waals surface area contributed by atoms with Crippen molar-refractivity contribution >= 4 is 29.2 Å². The minimum atomic E-state index is -0.709. The van der Waals surface area contributed by atoms with Crippen LogP contribution >= 0.6 is 11.6 Å². The maximum absolute atomic E-state index is 12.6. The Morgan fingerprint density at radius 2 is 1.85 bits per heavy atom. The molecule has 2 aromatic rings. The summed E-state index contributed by atoms with van der Waals surface area (Å²) < 4.78 is 15.9. The fourth-order valence-electron chi connectivity index (χ4n) is 2.35. The second kappa shape index (κ2) is 9.83. The van der Waals surface area contributed by atoms with Gasteiger partial charge in [-0.05, 0) is 43.7 Å². The summed E-state index contributed by atoms with van der Waals surface area (Å²) in [6.07, 6.45) is -0.250. The molecule has 7 heteroatoms. The number of rotatable bonds is 8. The van der Waals surface area contributed by atoms with Gasteiger partial charge in [0.2, 0.25) is 0 Å². The molecule has 1 atom stereocenters. The molecule has 0 saturated heterocycles. The zero-order valence-electron chi connectivity index (χ0n) is 15.5. The van der Waals surface area contributed by atoms with Crippen LogP contribution in [0.25, 0.3) is 0 Å². The number of hydrogen-bond donors (Lipinski definition) is 1. The van der Waals surface area contributed by atoms with Crippen molar-refractivity contribution in [3.63, 3.8) is 0 Å². The lowest BCUT2D eigenvalue weighted by Crippen LogP contribution is -2.32. The molecule has 2 rings (SSSR count). The third kappa shape index (κ3) is 5.62. The first-order chi connectivity index (χ1) is 13.0. The van der Waals surface area contributed by atoms with Crippen LogP contribution in [0, 0.1) is 0 Å². The van der Waals surface area contributed by atoms with Gasteiger partial charge in [0, 0.05) is 11.8 Å². The van der Waals surface area contributed by atoms with Gasteiger partial charge in [0.25, 0.3) is 5.91 Å². The molecule has 0 aliphatic rings. The van der Waals surface area contributed by atoms with Gasteiger partial charge in [-0.2, -0.15) is 0 Å². The van der Waals surface area contributed by atoms with Crippen molar-refractivity contribution in [1.82, 2.24) is 0 Å². The molecule has 0 aliphatic carbocycles. The molecule has 0 bridgehead atoms. The predicted octanol–water partition coefficient (Wildman–Crippen LogP) is 4.32. The summed E-state index contributed by atoms with van der Waals surface area (Å²) in [4.78, 5) is 24.5. The second-order valence-electron chi connectivity index (χ2n) is 5.60. The summed E-state index contributed by atoms with van der Waals surface area (Å²) in [5, 5.41) is 3.00. The molecular weight excluding hydrogens is 370 g/mol. The largest absolute Gasteiger partial charge is 0.497 e. The van der Waals surface area contributed by atoms with Gasteiger partial charge in [0.15, 0.2) is 6.10 Å². The highest BCUT2D eigenvalue weighted by Gasteiger charge is 2.20. The fourth-order valence-corrected chi connectivity index (χ4v) is 2.55. The van der Waals surface area contributed by atoms with Crippen molar-refractivity contribution in [1.29, 1.82) is 0 Å². The van der Waals surface area contributed by atoms with E-state index in [-0.39, 0.29) is 23.1 Å². The van der Waals surface area contributed by atoms with E-state index in [0.29, 0.717) is 23.6 Å². The number of carbonyl (C=O) groups is 2. The molecule has 1 amide bonds. The summed E-state index contributed by atoms with van der Waals surface area (Å²) in [7, 11) is 1.56. The number of carbonyl (C=O) groups excluding carboxylic acids is 2. The topological polar surface area (TPSA) is 73.9 Å². The highest BCUT2D eigenvalue weighted by atomic mass is 35.5. The van der Waals surface area contributed by atoms with E-state index in [4.69, 9.17) is 25.8 Å². The Labute approximate surface area is 163 Å². The van der Waals surface area contributed by atoms with Gasteiger partial charge in [0.05, 0.1) is 24.3 Å².